The number of aromatic nitrogens is 3. The first-order valence-electron chi connectivity index (χ1n) is 12.2. The third-order valence-corrected chi connectivity index (χ3v) is 7.40. The fraction of sp³-hybridized carbons (Fsp3) is 0. The minimum Gasteiger partial charge on any atom is -0.355 e. The van der Waals surface area contributed by atoms with Gasteiger partial charge < -0.3 is 9.55 Å². The Morgan fingerprint density at radius 3 is 2.17 bits per heavy atom. The topological polar surface area (TPSA) is 33.6 Å². The number of aromatic amines is 1. The number of hydrogen-bond donors (Lipinski definition) is 1. The lowest BCUT2D eigenvalue weighted by Gasteiger charge is -2.12. The summed E-state index contributed by atoms with van der Waals surface area (Å²) in [5.41, 5.74) is 8.29. The second kappa shape index (κ2) is 7.30. The molecule has 5 aromatic carbocycles. The van der Waals surface area contributed by atoms with Crippen LogP contribution in [0.5, 0.6) is 0 Å². The molecular formula is C33H21N3. The molecule has 0 aliphatic heterocycles. The minimum absolute atomic E-state index is 1.07. The van der Waals surface area contributed by atoms with Gasteiger partial charge in [-0.25, -0.2) is 0 Å². The maximum absolute atomic E-state index is 4.42. The third kappa shape index (κ3) is 2.65. The summed E-state index contributed by atoms with van der Waals surface area (Å²) in [6.45, 7) is 0. The normalized spacial score (nSPS) is 11.9. The zero-order chi connectivity index (χ0) is 23.6. The summed E-state index contributed by atoms with van der Waals surface area (Å²) in [7, 11) is 0. The molecule has 3 aromatic heterocycles. The Morgan fingerprint density at radius 2 is 1.31 bits per heavy atom. The standard InChI is InChI=1S/C33H21N3/c1-2-12-26-23(9-1)27(21-15-16-31-28(18-21)24-10-3-5-13-30(24)35-31)19-29-25-11-4-6-14-32(25)36(33(26)29)22-8-7-17-34-20-22/h1-20,35H. The summed E-state index contributed by atoms with van der Waals surface area (Å²) in [6.07, 6.45) is 3.77. The Labute approximate surface area is 207 Å². The molecule has 0 saturated heterocycles. The van der Waals surface area contributed by atoms with Crippen molar-refractivity contribution >= 4 is 54.4 Å². The van der Waals surface area contributed by atoms with Crippen molar-refractivity contribution in [3.05, 3.63) is 122 Å². The van der Waals surface area contributed by atoms with Crippen molar-refractivity contribution in [3.63, 3.8) is 0 Å². The van der Waals surface area contributed by atoms with E-state index in [1.165, 1.54) is 65.5 Å². The number of nitrogens with zero attached hydrogens (tertiary/aromatic N) is 2. The van der Waals surface area contributed by atoms with Gasteiger partial charge in [0.25, 0.3) is 0 Å². The van der Waals surface area contributed by atoms with Gasteiger partial charge in [-0.1, -0.05) is 66.7 Å². The summed E-state index contributed by atoms with van der Waals surface area (Å²) >= 11 is 0. The Kier molecular flexibility index (Phi) is 3.94. The van der Waals surface area contributed by atoms with E-state index in [4.69, 9.17) is 0 Å². The minimum atomic E-state index is 1.07. The van der Waals surface area contributed by atoms with Gasteiger partial charge in [-0.3, -0.25) is 4.98 Å². The van der Waals surface area contributed by atoms with Crippen molar-refractivity contribution < 1.29 is 0 Å². The molecule has 168 valence electrons. The molecule has 8 rings (SSSR count). The first-order chi connectivity index (χ1) is 17.9. The molecule has 0 amide bonds. The second-order valence-electron chi connectivity index (χ2n) is 9.36. The fourth-order valence-corrected chi connectivity index (χ4v) is 5.83. The van der Waals surface area contributed by atoms with Crippen LogP contribution in [0.3, 0.4) is 0 Å². The number of H-pyrrole nitrogens is 1. The molecule has 0 radical (unpaired) electrons. The maximum atomic E-state index is 4.42. The van der Waals surface area contributed by atoms with Crippen LogP contribution in [-0.2, 0) is 0 Å². The lowest BCUT2D eigenvalue weighted by atomic mass is 9.94. The highest BCUT2D eigenvalue weighted by molar-refractivity contribution is 6.22. The van der Waals surface area contributed by atoms with Gasteiger partial charge in [0.15, 0.2) is 0 Å². The van der Waals surface area contributed by atoms with Crippen LogP contribution in [-0.4, -0.2) is 14.5 Å². The van der Waals surface area contributed by atoms with Gasteiger partial charge in [0, 0.05) is 44.2 Å². The Morgan fingerprint density at radius 1 is 0.556 bits per heavy atom. The molecule has 0 aliphatic carbocycles. The zero-order valence-corrected chi connectivity index (χ0v) is 19.4. The van der Waals surface area contributed by atoms with Crippen LogP contribution in [0.25, 0.3) is 71.2 Å². The van der Waals surface area contributed by atoms with Gasteiger partial charge in [0.05, 0.1) is 22.9 Å². The molecule has 0 saturated carbocycles. The Bertz CT molecular complexity index is 2100. The lowest BCUT2D eigenvalue weighted by Crippen LogP contribution is -1.95. The lowest BCUT2D eigenvalue weighted by molar-refractivity contribution is 1.15. The van der Waals surface area contributed by atoms with E-state index >= 15 is 0 Å². The highest BCUT2D eigenvalue weighted by Gasteiger charge is 2.18. The molecule has 0 spiro atoms. The van der Waals surface area contributed by atoms with E-state index in [2.05, 4.69) is 118 Å². The van der Waals surface area contributed by atoms with E-state index in [0.29, 0.717) is 0 Å². The average Bonchev–Trinajstić information content (AvgIpc) is 3.48. The van der Waals surface area contributed by atoms with E-state index < -0.39 is 0 Å². The van der Waals surface area contributed by atoms with E-state index in [1.54, 1.807) is 0 Å². The van der Waals surface area contributed by atoms with Crippen molar-refractivity contribution in [2.24, 2.45) is 0 Å². The highest BCUT2D eigenvalue weighted by atomic mass is 15.0. The fourth-order valence-electron chi connectivity index (χ4n) is 5.83. The van der Waals surface area contributed by atoms with Crippen LogP contribution in [0.4, 0.5) is 0 Å². The largest absolute Gasteiger partial charge is 0.355 e. The van der Waals surface area contributed by atoms with Crippen molar-refractivity contribution in [1.82, 2.24) is 14.5 Å². The monoisotopic (exact) mass is 459 g/mol. The molecule has 3 heterocycles. The van der Waals surface area contributed by atoms with Crippen LogP contribution < -0.4 is 0 Å². The first-order valence-corrected chi connectivity index (χ1v) is 12.2. The molecular weight excluding hydrogens is 438 g/mol. The quantitative estimate of drug-likeness (QED) is 0.276. The van der Waals surface area contributed by atoms with Gasteiger partial charge in [0.2, 0.25) is 0 Å². The van der Waals surface area contributed by atoms with Gasteiger partial charge in [0.1, 0.15) is 0 Å². The molecule has 8 aromatic rings. The molecule has 0 fully saturated rings. The predicted octanol–water partition coefficient (Wildman–Crippen LogP) is 8.63. The third-order valence-electron chi connectivity index (χ3n) is 7.40. The molecule has 1 N–H and O–H groups in total. The van der Waals surface area contributed by atoms with Gasteiger partial charge in [-0.2, -0.15) is 0 Å². The summed E-state index contributed by atoms with van der Waals surface area (Å²) < 4.78 is 2.35. The molecule has 36 heavy (non-hydrogen) atoms. The van der Waals surface area contributed by atoms with Crippen LogP contribution in [0.2, 0.25) is 0 Å². The van der Waals surface area contributed by atoms with Crippen LogP contribution in [0.15, 0.2) is 122 Å². The molecule has 0 unspecified atom stereocenters. The van der Waals surface area contributed by atoms with Gasteiger partial charge in [-0.05, 0) is 59.0 Å². The average molecular weight is 460 g/mol. The molecule has 3 heteroatoms. The van der Waals surface area contributed by atoms with Crippen molar-refractivity contribution in [3.8, 4) is 16.8 Å². The van der Waals surface area contributed by atoms with Crippen molar-refractivity contribution in [2.75, 3.05) is 0 Å². The molecule has 3 nitrogen and oxygen atoms in total. The molecule has 0 bridgehead atoms. The van der Waals surface area contributed by atoms with Gasteiger partial charge in [-0.15, -0.1) is 0 Å². The highest BCUT2D eigenvalue weighted by Crippen LogP contribution is 2.42. The number of rotatable bonds is 2. The van der Waals surface area contributed by atoms with Gasteiger partial charge >= 0.3 is 0 Å². The molecule has 0 aliphatic rings. The van der Waals surface area contributed by atoms with E-state index in [0.717, 1.165) is 5.69 Å². The summed E-state index contributed by atoms with van der Waals surface area (Å²) in [4.78, 5) is 7.98. The number of fused-ring (bicyclic) bond motifs is 8. The van der Waals surface area contributed by atoms with Crippen molar-refractivity contribution in [2.45, 2.75) is 0 Å². The summed E-state index contributed by atoms with van der Waals surface area (Å²) in [6, 6.07) is 39.3. The molecule has 0 atom stereocenters. The summed E-state index contributed by atoms with van der Waals surface area (Å²) in [5.74, 6) is 0. The Hall–Kier alpha value is -4.89. The predicted molar refractivity (Wildman–Crippen MR) is 151 cm³/mol. The number of para-hydroxylation sites is 2. The van der Waals surface area contributed by atoms with Crippen molar-refractivity contribution in [1.29, 1.82) is 0 Å². The first kappa shape index (κ1) is 19.4. The van der Waals surface area contributed by atoms with Crippen LogP contribution >= 0.6 is 0 Å². The number of benzene rings is 5. The van der Waals surface area contributed by atoms with Crippen LogP contribution in [0, 0.1) is 0 Å². The van der Waals surface area contributed by atoms with Crippen LogP contribution in [0.1, 0.15) is 0 Å². The smallest absolute Gasteiger partial charge is 0.0645 e. The zero-order valence-electron chi connectivity index (χ0n) is 19.4. The SMILES string of the molecule is c1cncc(-n2c3ccccc3c3cc(-c4ccc5[nH]c6ccccc6c5c4)c4ccccc4c32)c1. The summed E-state index contributed by atoms with van der Waals surface area (Å²) in [5, 5.41) is 7.50. The second-order valence-corrected chi connectivity index (χ2v) is 9.36. The maximum Gasteiger partial charge on any atom is 0.0645 e. The number of hydrogen-bond acceptors (Lipinski definition) is 1. The number of pyridine rings is 1. The Balaban J connectivity index is 1.52. The van der Waals surface area contributed by atoms with E-state index in [-0.39, 0.29) is 0 Å². The van der Waals surface area contributed by atoms with E-state index in [9.17, 15) is 0 Å². The van der Waals surface area contributed by atoms with E-state index in [1.807, 2.05) is 18.5 Å². The number of nitrogens with one attached hydrogen (secondary N) is 1.